The number of nitrogens with one attached hydrogen (secondary N) is 2. The van der Waals surface area contributed by atoms with Crippen molar-refractivity contribution in [1.29, 1.82) is 0 Å². The van der Waals surface area contributed by atoms with Crippen LogP contribution in [-0.2, 0) is 9.59 Å². The predicted molar refractivity (Wildman–Crippen MR) is 101 cm³/mol. The molecule has 2 rings (SSSR count). The summed E-state index contributed by atoms with van der Waals surface area (Å²) in [5, 5.41) is 6.32. The molecule has 0 unspecified atom stereocenters. The molecule has 0 heterocycles. The van der Waals surface area contributed by atoms with Crippen molar-refractivity contribution >= 4 is 46.4 Å². The molecule has 2 N–H and O–H groups in total. The molecule has 0 saturated carbocycles. The van der Waals surface area contributed by atoms with E-state index in [0.717, 1.165) is 6.42 Å². The summed E-state index contributed by atoms with van der Waals surface area (Å²) < 4.78 is 5.37. The quantitative estimate of drug-likeness (QED) is 0.727. The predicted octanol–water partition coefficient (Wildman–Crippen LogP) is 4.75. The van der Waals surface area contributed by atoms with Gasteiger partial charge in [0.15, 0.2) is 6.61 Å². The van der Waals surface area contributed by atoms with Crippen LogP contribution in [-0.4, -0.2) is 18.4 Å². The van der Waals surface area contributed by atoms with Crippen LogP contribution in [0.2, 0.25) is 10.0 Å². The van der Waals surface area contributed by atoms with Crippen LogP contribution in [0.4, 0.5) is 11.4 Å². The van der Waals surface area contributed by atoms with Crippen molar-refractivity contribution < 1.29 is 14.3 Å². The molecule has 0 bridgehead atoms. The molecule has 0 aliphatic heterocycles. The monoisotopic (exact) mass is 380 g/mol. The van der Waals surface area contributed by atoms with E-state index in [2.05, 4.69) is 10.6 Å². The zero-order valence-corrected chi connectivity index (χ0v) is 15.2. The van der Waals surface area contributed by atoms with Gasteiger partial charge in [-0.25, -0.2) is 0 Å². The molecule has 2 amide bonds. The first-order valence-electron chi connectivity index (χ1n) is 7.75. The lowest BCUT2D eigenvalue weighted by molar-refractivity contribution is -0.118. The number of carbonyl (C=O) groups is 2. The van der Waals surface area contributed by atoms with Gasteiger partial charge in [-0.3, -0.25) is 9.59 Å². The minimum absolute atomic E-state index is 0.0347. The van der Waals surface area contributed by atoms with Gasteiger partial charge in [0.05, 0.1) is 5.02 Å². The van der Waals surface area contributed by atoms with Crippen molar-refractivity contribution in [1.82, 2.24) is 0 Å². The Morgan fingerprint density at radius 1 is 0.960 bits per heavy atom. The third-order valence-corrected chi connectivity index (χ3v) is 3.71. The van der Waals surface area contributed by atoms with E-state index < -0.39 is 0 Å². The summed E-state index contributed by atoms with van der Waals surface area (Å²) in [5.74, 6) is 0.0246. The zero-order chi connectivity index (χ0) is 18.2. The Labute approximate surface area is 156 Å². The maximum Gasteiger partial charge on any atom is 0.262 e. The number of anilines is 2. The van der Waals surface area contributed by atoms with Gasteiger partial charge in [-0.05, 0) is 48.9 Å². The van der Waals surface area contributed by atoms with Crippen LogP contribution in [0.1, 0.15) is 19.8 Å². The summed E-state index contributed by atoms with van der Waals surface area (Å²) in [6.07, 6.45) is 1.26. The second-order valence-electron chi connectivity index (χ2n) is 5.29. The molecule has 7 heteroatoms. The van der Waals surface area contributed by atoms with Gasteiger partial charge in [-0.1, -0.05) is 30.1 Å². The maximum atomic E-state index is 11.9. The third-order valence-electron chi connectivity index (χ3n) is 3.18. The number of hydrogen-bond donors (Lipinski definition) is 2. The minimum atomic E-state index is -0.325. The maximum absolute atomic E-state index is 11.9. The Balaban J connectivity index is 1.84. The van der Waals surface area contributed by atoms with Gasteiger partial charge in [0.2, 0.25) is 5.91 Å². The first kappa shape index (κ1) is 19.1. The molecular formula is C18H18Cl2N2O3. The molecule has 132 valence electrons. The highest BCUT2D eigenvalue weighted by Crippen LogP contribution is 2.27. The van der Waals surface area contributed by atoms with Crippen molar-refractivity contribution in [3.63, 3.8) is 0 Å². The number of halogens is 2. The second-order valence-corrected chi connectivity index (χ2v) is 6.13. The van der Waals surface area contributed by atoms with Gasteiger partial charge in [-0.2, -0.15) is 0 Å². The van der Waals surface area contributed by atoms with E-state index in [1.165, 1.54) is 0 Å². The van der Waals surface area contributed by atoms with Gasteiger partial charge in [0.25, 0.3) is 5.91 Å². The van der Waals surface area contributed by atoms with E-state index in [9.17, 15) is 9.59 Å². The average molecular weight is 381 g/mol. The summed E-state index contributed by atoms with van der Waals surface area (Å²) in [7, 11) is 0. The van der Waals surface area contributed by atoms with Crippen LogP contribution < -0.4 is 15.4 Å². The molecule has 0 aliphatic rings. The molecular weight excluding hydrogens is 363 g/mol. The van der Waals surface area contributed by atoms with Crippen molar-refractivity contribution in [3.05, 3.63) is 52.5 Å². The first-order chi connectivity index (χ1) is 12.0. The highest BCUT2D eigenvalue weighted by atomic mass is 35.5. The van der Waals surface area contributed by atoms with Crippen LogP contribution in [0, 0.1) is 0 Å². The Kier molecular flexibility index (Phi) is 7.10. The Bertz CT molecular complexity index is 748. The van der Waals surface area contributed by atoms with Crippen molar-refractivity contribution in [2.75, 3.05) is 17.2 Å². The molecule has 2 aromatic carbocycles. The van der Waals surface area contributed by atoms with Crippen LogP contribution in [0.25, 0.3) is 0 Å². The normalized spacial score (nSPS) is 10.2. The highest BCUT2D eigenvalue weighted by molar-refractivity contribution is 6.35. The fourth-order valence-electron chi connectivity index (χ4n) is 2.02. The largest absolute Gasteiger partial charge is 0.482 e. The van der Waals surface area contributed by atoms with Gasteiger partial charge >= 0.3 is 0 Å². The van der Waals surface area contributed by atoms with Crippen LogP contribution in [0.15, 0.2) is 42.5 Å². The second kappa shape index (κ2) is 9.30. The third kappa shape index (κ3) is 6.29. The van der Waals surface area contributed by atoms with Crippen molar-refractivity contribution in [2.45, 2.75) is 19.8 Å². The molecule has 0 atom stereocenters. The van der Waals surface area contributed by atoms with Gasteiger partial charge in [0, 0.05) is 22.8 Å². The fourth-order valence-corrected chi connectivity index (χ4v) is 2.48. The average Bonchev–Trinajstić information content (AvgIpc) is 2.56. The van der Waals surface area contributed by atoms with E-state index >= 15 is 0 Å². The number of hydrogen-bond acceptors (Lipinski definition) is 3. The zero-order valence-electron chi connectivity index (χ0n) is 13.6. The van der Waals surface area contributed by atoms with Gasteiger partial charge in [-0.15, -0.1) is 0 Å². The van der Waals surface area contributed by atoms with Crippen LogP contribution in [0.5, 0.6) is 5.75 Å². The molecule has 25 heavy (non-hydrogen) atoms. The van der Waals surface area contributed by atoms with Crippen LogP contribution in [0.3, 0.4) is 0 Å². The SMILES string of the molecule is CCCC(=O)Nc1ccc(NC(=O)COc2ccc(Cl)cc2Cl)cc1. The van der Waals surface area contributed by atoms with Gasteiger partial charge < -0.3 is 15.4 Å². The smallest absolute Gasteiger partial charge is 0.262 e. The molecule has 0 aromatic heterocycles. The fraction of sp³-hybridized carbons (Fsp3) is 0.222. The molecule has 0 radical (unpaired) electrons. The molecule has 0 saturated heterocycles. The molecule has 0 fully saturated rings. The topological polar surface area (TPSA) is 67.4 Å². The summed E-state index contributed by atoms with van der Waals surface area (Å²) in [6, 6.07) is 11.6. The van der Waals surface area contributed by atoms with Crippen molar-refractivity contribution in [3.8, 4) is 5.75 Å². The van der Waals surface area contributed by atoms with E-state index in [4.69, 9.17) is 27.9 Å². The van der Waals surface area contributed by atoms with Gasteiger partial charge in [0.1, 0.15) is 5.75 Å². The molecule has 5 nitrogen and oxygen atoms in total. The number of rotatable bonds is 7. The van der Waals surface area contributed by atoms with E-state index in [-0.39, 0.29) is 18.4 Å². The summed E-state index contributed by atoms with van der Waals surface area (Å²) >= 11 is 11.8. The Morgan fingerprint density at radius 2 is 1.56 bits per heavy atom. The summed E-state index contributed by atoms with van der Waals surface area (Å²) in [6.45, 7) is 1.76. The van der Waals surface area contributed by atoms with E-state index in [0.29, 0.717) is 33.6 Å². The highest BCUT2D eigenvalue weighted by Gasteiger charge is 2.07. The minimum Gasteiger partial charge on any atom is -0.482 e. The first-order valence-corrected chi connectivity index (χ1v) is 8.51. The van der Waals surface area contributed by atoms with E-state index in [1.54, 1.807) is 42.5 Å². The summed E-state index contributed by atoms with van der Waals surface area (Å²) in [4.78, 5) is 23.5. The lowest BCUT2D eigenvalue weighted by Gasteiger charge is -2.10. The number of benzene rings is 2. The van der Waals surface area contributed by atoms with E-state index in [1.807, 2.05) is 6.92 Å². The Morgan fingerprint density at radius 3 is 2.12 bits per heavy atom. The number of carbonyl (C=O) groups excluding carboxylic acids is 2. The molecule has 2 aromatic rings. The standard InChI is InChI=1S/C18H18Cl2N2O3/c1-2-3-17(23)21-13-5-7-14(8-6-13)22-18(24)11-25-16-9-4-12(19)10-15(16)20/h4-10H,2-3,11H2,1H3,(H,21,23)(H,22,24). The number of amides is 2. The van der Waals surface area contributed by atoms with Crippen LogP contribution >= 0.6 is 23.2 Å². The Hall–Kier alpha value is -2.24. The lowest BCUT2D eigenvalue weighted by Crippen LogP contribution is -2.20. The molecule has 0 spiro atoms. The molecule has 0 aliphatic carbocycles. The van der Waals surface area contributed by atoms with Crippen molar-refractivity contribution in [2.24, 2.45) is 0 Å². The summed E-state index contributed by atoms with van der Waals surface area (Å²) in [5.41, 5.74) is 1.28. The number of ether oxygens (including phenoxy) is 1. The lowest BCUT2D eigenvalue weighted by atomic mass is 10.2.